The maximum atomic E-state index is 12.8. The van der Waals surface area contributed by atoms with Crippen LogP contribution in [0.25, 0.3) is 5.57 Å². The van der Waals surface area contributed by atoms with Gasteiger partial charge in [0.15, 0.2) is 12.0 Å². The van der Waals surface area contributed by atoms with Gasteiger partial charge in [-0.15, -0.1) is 11.3 Å². The quantitative estimate of drug-likeness (QED) is 0.932. The summed E-state index contributed by atoms with van der Waals surface area (Å²) in [5.41, 5.74) is 4.07. The van der Waals surface area contributed by atoms with Gasteiger partial charge in [-0.05, 0) is 41.5 Å². The van der Waals surface area contributed by atoms with Crippen molar-refractivity contribution in [2.24, 2.45) is 0 Å². The third-order valence-corrected chi connectivity index (χ3v) is 4.90. The lowest BCUT2D eigenvalue weighted by molar-refractivity contribution is -0.120. The number of carbonyl (C=O) groups excluding carboxylic acids is 1. The molecule has 22 heavy (non-hydrogen) atoms. The van der Waals surface area contributed by atoms with Crippen LogP contribution < -0.4 is 5.32 Å². The van der Waals surface area contributed by atoms with Gasteiger partial charge in [-0.3, -0.25) is 4.79 Å². The molecule has 0 aliphatic carbocycles. The molecule has 1 N–H and O–H groups in total. The highest BCUT2D eigenvalue weighted by Crippen LogP contribution is 2.38. The molecule has 4 heteroatoms. The van der Waals surface area contributed by atoms with E-state index in [2.05, 4.69) is 31.3 Å². The normalized spacial score (nSPS) is 17.8. The molecule has 1 aliphatic rings. The van der Waals surface area contributed by atoms with E-state index in [-0.39, 0.29) is 5.78 Å². The molecule has 1 aromatic carbocycles. The standard InChI is InChI=1S/C18H19NO2S/c1-4-12-7-8-13(10-11(12)2)15-16(20)17(21-18(15)19-3)14-6-5-9-22-14/h5-10,17,19H,4H2,1-3H3. The molecule has 2 aromatic rings. The average molecular weight is 313 g/mol. The third kappa shape index (κ3) is 2.44. The van der Waals surface area contributed by atoms with Crippen molar-refractivity contribution >= 4 is 22.7 Å². The van der Waals surface area contributed by atoms with E-state index in [1.165, 1.54) is 11.1 Å². The number of aryl methyl sites for hydroxylation is 2. The van der Waals surface area contributed by atoms with Gasteiger partial charge in [0.2, 0.25) is 5.78 Å². The van der Waals surface area contributed by atoms with Gasteiger partial charge >= 0.3 is 0 Å². The van der Waals surface area contributed by atoms with Crippen molar-refractivity contribution in [1.29, 1.82) is 0 Å². The Hall–Kier alpha value is -2.07. The van der Waals surface area contributed by atoms with E-state index in [9.17, 15) is 4.79 Å². The van der Waals surface area contributed by atoms with Gasteiger partial charge in [-0.25, -0.2) is 0 Å². The van der Waals surface area contributed by atoms with Crippen LogP contribution in [-0.2, 0) is 16.0 Å². The maximum Gasteiger partial charge on any atom is 0.214 e. The van der Waals surface area contributed by atoms with E-state index in [0.717, 1.165) is 16.9 Å². The number of hydrogen-bond acceptors (Lipinski definition) is 4. The maximum absolute atomic E-state index is 12.8. The summed E-state index contributed by atoms with van der Waals surface area (Å²) in [6.07, 6.45) is 0.468. The zero-order valence-electron chi connectivity index (χ0n) is 13.0. The Kier molecular flexibility index (Phi) is 4.03. The Morgan fingerprint density at radius 1 is 1.32 bits per heavy atom. The second-order valence-corrected chi connectivity index (χ2v) is 6.31. The minimum Gasteiger partial charge on any atom is -0.461 e. The lowest BCUT2D eigenvalue weighted by Crippen LogP contribution is -2.08. The first-order valence-corrected chi connectivity index (χ1v) is 8.29. The number of nitrogens with one attached hydrogen (secondary N) is 1. The number of Topliss-reactive ketones (excluding diaryl/α,β-unsaturated/α-hetero) is 1. The number of ketones is 1. The lowest BCUT2D eigenvalue weighted by Gasteiger charge is -2.08. The van der Waals surface area contributed by atoms with E-state index in [0.29, 0.717) is 11.5 Å². The highest BCUT2D eigenvalue weighted by Gasteiger charge is 2.37. The van der Waals surface area contributed by atoms with Crippen molar-refractivity contribution in [1.82, 2.24) is 5.32 Å². The van der Waals surface area contributed by atoms with Crippen LogP contribution in [-0.4, -0.2) is 12.8 Å². The molecule has 3 nitrogen and oxygen atoms in total. The van der Waals surface area contributed by atoms with Crippen LogP contribution in [0.15, 0.2) is 41.6 Å². The Morgan fingerprint density at radius 3 is 2.73 bits per heavy atom. The summed E-state index contributed by atoms with van der Waals surface area (Å²) in [7, 11) is 1.78. The van der Waals surface area contributed by atoms with E-state index in [1.54, 1.807) is 18.4 Å². The fraction of sp³-hybridized carbons (Fsp3) is 0.278. The van der Waals surface area contributed by atoms with E-state index < -0.39 is 6.10 Å². The van der Waals surface area contributed by atoms with Crippen molar-refractivity contribution in [3.8, 4) is 0 Å². The average Bonchev–Trinajstić information content (AvgIpc) is 3.14. The number of rotatable bonds is 4. The summed E-state index contributed by atoms with van der Waals surface area (Å²) in [5, 5.41) is 4.99. The van der Waals surface area contributed by atoms with E-state index in [1.807, 2.05) is 23.6 Å². The topological polar surface area (TPSA) is 38.3 Å². The third-order valence-electron chi connectivity index (χ3n) is 3.99. The lowest BCUT2D eigenvalue weighted by atomic mass is 9.95. The van der Waals surface area contributed by atoms with Gasteiger partial charge in [-0.2, -0.15) is 0 Å². The van der Waals surface area contributed by atoms with Crippen molar-refractivity contribution in [2.75, 3.05) is 7.05 Å². The van der Waals surface area contributed by atoms with E-state index in [4.69, 9.17) is 4.74 Å². The molecule has 0 saturated heterocycles. The van der Waals surface area contributed by atoms with Crippen LogP contribution in [0.4, 0.5) is 0 Å². The van der Waals surface area contributed by atoms with Crippen LogP contribution in [0.5, 0.6) is 0 Å². The predicted octanol–water partition coefficient (Wildman–Crippen LogP) is 3.85. The van der Waals surface area contributed by atoms with Crippen LogP contribution in [0, 0.1) is 6.92 Å². The number of hydrogen-bond donors (Lipinski definition) is 1. The molecule has 1 atom stereocenters. The van der Waals surface area contributed by atoms with Crippen molar-refractivity contribution in [3.05, 3.63) is 63.2 Å². The first-order chi connectivity index (χ1) is 10.7. The summed E-state index contributed by atoms with van der Waals surface area (Å²) < 4.78 is 5.86. The van der Waals surface area contributed by atoms with Gasteiger partial charge in [-0.1, -0.05) is 31.2 Å². The summed E-state index contributed by atoms with van der Waals surface area (Å²) in [4.78, 5) is 13.8. The first-order valence-electron chi connectivity index (χ1n) is 7.42. The largest absolute Gasteiger partial charge is 0.461 e. The van der Waals surface area contributed by atoms with E-state index >= 15 is 0 Å². The molecule has 1 aliphatic heterocycles. The highest BCUT2D eigenvalue weighted by atomic mass is 32.1. The molecule has 1 unspecified atom stereocenters. The summed E-state index contributed by atoms with van der Waals surface area (Å²) >= 11 is 1.54. The number of benzene rings is 1. The molecular formula is C18H19NO2S. The summed E-state index contributed by atoms with van der Waals surface area (Å²) in [6.45, 7) is 4.22. The van der Waals surface area contributed by atoms with Crippen molar-refractivity contribution in [3.63, 3.8) is 0 Å². The monoisotopic (exact) mass is 313 g/mol. The molecule has 0 saturated carbocycles. The zero-order chi connectivity index (χ0) is 15.7. The van der Waals surface area contributed by atoms with Gasteiger partial charge < -0.3 is 10.1 Å². The van der Waals surface area contributed by atoms with Gasteiger partial charge in [0, 0.05) is 7.05 Å². The van der Waals surface area contributed by atoms with Crippen LogP contribution in [0.1, 0.15) is 34.6 Å². The molecule has 114 valence electrons. The Labute approximate surface area is 134 Å². The molecule has 0 spiro atoms. The molecule has 0 radical (unpaired) electrons. The van der Waals surface area contributed by atoms with Crippen LogP contribution in [0.2, 0.25) is 0 Å². The van der Waals surface area contributed by atoms with Crippen molar-refractivity contribution in [2.45, 2.75) is 26.4 Å². The van der Waals surface area contributed by atoms with Crippen molar-refractivity contribution < 1.29 is 9.53 Å². The molecule has 0 amide bonds. The number of carbonyl (C=O) groups is 1. The molecular weight excluding hydrogens is 294 g/mol. The minimum absolute atomic E-state index is 0.0236. The van der Waals surface area contributed by atoms with Crippen LogP contribution >= 0.6 is 11.3 Å². The highest BCUT2D eigenvalue weighted by molar-refractivity contribution is 7.10. The minimum atomic E-state index is -0.524. The Balaban J connectivity index is 2.01. The summed E-state index contributed by atoms with van der Waals surface area (Å²) in [5.74, 6) is 0.586. The molecule has 0 bridgehead atoms. The fourth-order valence-electron chi connectivity index (χ4n) is 2.81. The second kappa shape index (κ2) is 5.97. The SMILES string of the molecule is CCc1ccc(C2=C(NC)OC(c3cccs3)C2=O)cc1C. The smallest absolute Gasteiger partial charge is 0.214 e. The molecule has 0 fully saturated rings. The number of thiophene rings is 1. The molecule has 1 aromatic heterocycles. The number of ether oxygens (including phenoxy) is 1. The predicted molar refractivity (Wildman–Crippen MR) is 89.7 cm³/mol. The molecule has 3 rings (SSSR count). The fourth-order valence-corrected chi connectivity index (χ4v) is 3.56. The summed E-state index contributed by atoms with van der Waals surface area (Å²) in [6, 6.07) is 10.1. The van der Waals surface area contributed by atoms with Gasteiger partial charge in [0.1, 0.15) is 0 Å². The second-order valence-electron chi connectivity index (χ2n) is 5.33. The van der Waals surface area contributed by atoms with Crippen LogP contribution in [0.3, 0.4) is 0 Å². The first kappa shape index (κ1) is 14.9. The Bertz CT molecular complexity index is 732. The Morgan fingerprint density at radius 2 is 2.14 bits per heavy atom. The zero-order valence-corrected chi connectivity index (χ0v) is 13.8. The molecule has 2 heterocycles. The van der Waals surface area contributed by atoms with Gasteiger partial charge in [0.05, 0.1) is 10.5 Å². The van der Waals surface area contributed by atoms with Gasteiger partial charge in [0.25, 0.3) is 0 Å².